The molecule has 6 rings (SSSR count). The number of fused-ring (bicyclic) bond motifs is 5. The van der Waals surface area contributed by atoms with E-state index >= 15 is 0 Å². The van der Waals surface area contributed by atoms with E-state index in [0.29, 0.717) is 5.92 Å². The van der Waals surface area contributed by atoms with Gasteiger partial charge in [0.25, 0.3) is 0 Å². The predicted octanol–water partition coefficient (Wildman–Crippen LogP) is 9.20. The maximum atomic E-state index is 2.43. The number of aromatic nitrogens is 1. The Morgan fingerprint density at radius 2 is 1.61 bits per heavy atom. The molecule has 1 nitrogen and oxygen atoms in total. The van der Waals surface area contributed by atoms with Gasteiger partial charge < -0.3 is 0 Å². The first-order valence-corrected chi connectivity index (χ1v) is 14.0. The molecule has 4 aromatic carbocycles. The minimum Gasteiger partial charge on any atom is -0.200 e. The Balaban J connectivity index is 1.72. The molecular formula is C34H36NS+. The van der Waals surface area contributed by atoms with E-state index < -0.39 is 0 Å². The highest BCUT2D eigenvalue weighted by Crippen LogP contribution is 2.53. The monoisotopic (exact) mass is 490 g/mol. The molecule has 0 amide bonds. The molecule has 182 valence electrons. The molecule has 0 saturated heterocycles. The molecule has 0 N–H and O–H groups in total. The van der Waals surface area contributed by atoms with Gasteiger partial charge in [-0.1, -0.05) is 88.8 Å². The maximum absolute atomic E-state index is 2.43. The fourth-order valence-electron chi connectivity index (χ4n) is 6.15. The van der Waals surface area contributed by atoms with Crippen molar-refractivity contribution >= 4 is 44.1 Å². The third-order valence-electron chi connectivity index (χ3n) is 7.57. The van der Waals surface area contributed by atoms with Crippen LogP contribution in [-0.2, 0) is 19.9 Å². The van der Waals surface area contributed by atoms with Gasteiger partial charge in [0.1, 0.15) is 7.05 Å². The summed E-state index contributed by atoms with van der Waals surface area (Å²) in [4.78, 5) is 2.88. The summed E-state index contributed by atoms with van der Waals surface area (Å²) in [6, 6.07) is 20.9. The molecule has 0 atom stereocenters. The maximum Gasteiger partial charge on any atom is 0.222 e. The second-order valence-electron chi connectivity index (χ2n) is 12.3. The smallest absolute Gasteiger partial charge is 0.200 e. The number of aryl methyl sites for hydroxylation is 2. The summed E-state index contributed by atoms with van der Waals surface area (Å²) in [5.41, 5.74) is 7.40. The zero-order chi connectivity index (χ0) is 25.4. The third kappa shape index (κ3) is 3.73. The van der Waals surface area contributed by atoms with Crippen LogP contribution in [0.4, 0.5) is 0 Å². The lowest BCUT2D eigenvalue weighted by Gasteiger charge is -2.26. The highest BCUT2D eigenvalue weighted by atomic mass is 32.2. The second-order valence-corrected chi connectivity index (χ2v) is 13.3. The molecular weight excluding hydrogens is 454 g/mol. The van der Waals surface area contributed by atoms with Crippen molar-refractivity contribution in [2.24, 2.45) is 18.4 Å². The fourth-order valence-corrected chi connectivity index (χ4v) is 7.64. The minimum absolute atomic E-state index is 0.276. The first kappa shape index (κ1) is 23.6. The summed E-state index contributed by atoms with van der Waals surface area (Å²) >= 11 is 2.02. The number of hydrogen-bond acceptors (Lipinski definition) is 1. The quantitative estimate of drug-likeness (QED) is 0.177. The summed E-state index contributed by atoms with van der Waals surface area (Å²) < 4.78 is 2.35. The number of benzene rings is 4. The Labute approximate surface area is 219 Å². The van der Waals surface area contributed by atoms with E-state index in [0.717, 1.165) is 12.8 Å². The van der Waals surface area contributed by atoms with Crippen molar-refractivity contribution in [3.63, 3.8) is 0 Å². The van der Waals surface area contributed by atoms with Crippen LogP contribution in [0.5, 0.6) is 0 Å². The van der Waals surface area contributed by atoms with Crippen LogP contribution in [0.15, 0.2) is 70.6 Å². The topological polar surface area (TPSA) is 3.88 Å². The van der Waals surface area contributed by atoms with E-state index in [4.69, 9.17) is 0 Å². The van der Waals surface area contributed by atoms with Crippen LogP contribution in [0.3, 0.4) is 0 Å². The summed E-state index contributed by atoms with van der Waals surface area (Å²) in [7, 11) is 2.21. The molecule has 0 saturated carbocycles. The van der Waals surface area contributed by atoms with Gasteiger partial charge in [0.15, 0.2) is 6.20 Å². The van der Waals surface area contributed by atoms with E-state index in [-0.39, 0.29) is 5.41 Å². The second kappa shape index (κ2) is 8.35. The van der Waals surface area contributed by atoms with E-state index in [1.807, 2.05) is 11.8 Å². The van der Waals surface area contributed by atoms with E-state index in [9.17, 15) is 0 Å². The van der Waals surface area contributed by atoms with Gasteiger partial charge in [-0.25, -0.2) is 4.57 Å². The third-order valence-corrected chi connectivity index (χ3v) is 8.86. The average Bonchev–Trinajstić information content (AvgIpc) is 2.82. The molecule has 0 radical (unpaired) electrons. The predicted molar refractivity (Wildman–Crippen MR) is 156 cm³/mol. The van der Waals surface area contributed by atoms with Crippen molar-refractivity contribution in [3.8, 4) is 11.3 Å². The van der Waals surface area contributed by atoms with Gasteiger partial charge in [-0.15, -0.1) is 0 Å². The van der Waals surface area contributed by atoms with Crippen LogP contribution >= 0.6 is 11.8 Å². The number of nitrogens with zero attached hydrogens (tertiary/aromatic N) is 1. The average molecular weight is 491 g/mol. The standard InChI is InChI=1S/C34H36NS/c1-20(2)16-28-27-11-9-8-10-25(27)21(3)29-31-30-23(14-15-35(31)7)18-24-17-22(19-34(4,5)6)12-13-26(24)32(30)36-33(28)29/h8-15,17-18,20H,16,19H2,1-7H3/q+1. The summed E-state index contributed by atoms with van der Waals surface area (Å²) in [6.07, 6.45) is 4.43. The molecule has 0 unspecified atom stereocenters. The van der Waals surface area contributed by atoms with Gasteiger partial charge in [0.2, 0.25) is 5.69 Å². The van der Waals surface area contributed by atoms with Crippen LogP contribution in [0, 0.1) is 18.3 Å². The summed E-state index contributed by atoms with van der Waals surface area (Å²) in [5.74, 6) is 0.597. The van der Waals surface area contributed by atoms with Crippen LogP contribution in [0.2, 0.25) is 0 Å². The molecule has 0 aliphatic carbocycles. The van der Waals surface area contributed by atoms with Crippen LogP contribution in [-0.4, -0.2) is 0 Å². The number of hydrogen-bond donors (Lipinski definition) is 0. The van der Waals surface area contributed by atoms with Crippen molar-refractivity contribution < 1.29 is 4.57 Å². The lowest BCUT2D eigenvalue weighted by molar-refractivity contribution is -0.659. The van der Waals surface area contributed by atoms with Crippen molar-refractivity contribution in [3.05, 3.63) is 77.5 Å². The molecule has 2 heterocycles. The van der Waals surface area contributed by atoms with Crippen molar-refractivity contribution in [1.29, 1.82) is 0 Å². The van der Waals surface area contributed by atoms with Crippen molar-refractivity contribution in [1.82, 2.24) is 0 Å². The Hall–Kier alpha value is -2.84. The highest BCUT2D eigenvalue weighted by molar-refractivity contribution is 8.00. The molecule has 0 spiro atoms. The molecule has 1 aliphatic heterocycles. The molecule has 0 bridgehead atoms. The molecule has 5 aromatic rings. The van der Waals surface area contributed by atoms with Gasteiger partial charge >= 0.3 is 0 Å². The van der Waals surface area contributed by atoms with E-state index in [1.54, 1.807) is 0 Å². The number of pyridine rings is 1. The SMILES string of the molecule is Cc1c2c(c(CC(C)C)c3ccccc13)Sc1c3ccc(CC(C)(C)C)cc3cc3cc[n+](C)c-2c13. The van der Waals surface area contributed by atoms with E-state index in [1.165, 1.54) is 70.1 Å². The van der Waals surface area contributed by atoms with Crippen LogP contribution in [0.1, 0.15) is 51.3 Å². The lowest BCUT2D eigenvalue weighted by atomic mass is 9.86. The minimum atomic E-state index is 0.276. The normalized spacial score (nSPS) is 13.2. The largest absolute Gasteiger partial charge is 0.222 e. The number of rotatable bonds is 3. The molecule has 36 heavy (non-hydrogen) atoms. The van der Waals surface area contributed by atoms with Crippen molar-refractivity contribution in [2.75, 3.05) is 0 Å². The van der Waals surface area contributed by atoms with Crippen molar-refractivity contribution in [2.45, 2.75) is 64.2 Å². The Morgan fingerprint density at radius 3 is 2.33 bits per heavy atom. The molecule has 1 aromatic heterocycles. The zero-order valence-electron chi connectivity index (χ0n) is 22.6. The highest BCUT2D eigenvalue weighted by Gasteiger charge is 2.32. The van der Waals surface area contributed by atoms with Crippen LogP contribution < -0.4 is 4.57 Å². The van der Waals surface area contributed by atoms with Gasteiger partial charge in [0.05, 0.1) is 10.9 Å². The summed E-state index contributed by atoms with van der Waals surface area (Å²) in [5, 5.41) is 8.29. The fraction of sp³-hybridized carbons (Fsp3) is 0.324. The molecule has 1 aliphatic rings. The molecule has 2 heteroatoms. The van der Waals surface area contributed by atoms with Crippen LogP contribution in [0.25, 0.3) is 43.6 Å². The van der Waals surface area contributed by atoms with E-state index in [2.05, 4.69) is 114 Å². The Morgan fingerprint density at radius 1 is 0.861 bits per heavy atom. The first-order valence-electron chi connectivity index (χ1n) is 13.2. The zero-order valence-corrected chi connectivity index (χ0v) is 23.4. The molecule has 0 fully saturated rings. The van der Waals surface area contributed by atoms with Gasteiger partial charge in [-0.3, -0.25) is 0 Å². The summed E-state index contributed by atoms with van der Waals surface area (Å²) in [6.45, 7) is 14.0. The first-order chi connectivity index (χ1) is 17.1. The van der Waals surface area contributed by atoms with Gasteiger partial charge in [-0.05, 0) is 80.8 Å². The lowest BCUT2D eigenvalue weighted by Crippen LogP contribution is -2.32. The Bertz CT molecular complexity index is 1680. The van der Waals surface area contributed by atoms with Gasteiger partial charge in [0, 0.05) is 15.9 Å². The Kier molecular flexibility index (Phi) is 5.46. The van der Waals surface area contributed by atoms with Gasteiger partial charge in [-0.2, -0.15) is 0 Å².